The molecule has 2 aromatic carbocycles. The number of nitrogens with one attached hydrogen (secondary N) is 1. The number of ether oxygens (including phenoxy) is 1. The molecule has 4 rings (SSSR count). The number of nitrogens with zero attached hydrogens (tertiary/aromatic N) is 4. The van der Waals surface area contributed by atoms with Crippen molar-refractivity contribution in [2.24, 2.45) is 0 Å². The number of thioether (sulfide) groups is 1. The zero-order chi connectivity index (χ0) is 25.5. The van der Waals surface area contributed by atoms with Gasteiger partial charge in [-0.2, -0.15) is 0 Å². The van der Waals surface area contributed by atoms with Crippen LogP contribution in [-0.4, -0.2) is 31.4 Å². The molecule has 1 amide bonds. The van der Waals surface area contributed by atoms with Crippen LogP contribution in [0.15, 0.2) is 70.9 Å². The van der Waals surface area contributed by atoms with Crippen LogP contribution in [0.3, 0.4) is 0 Å². The van der Waals surface area contributed by atoms with E-state index in [1.54, 1.807) is 24.4 Å². The van der Waals surface area contributed by atoms with E-state index in [-0.39, 0.29) is 18.3 Å². The first-order valence-corrected chi connectivity index (χ1v) is 14.0. The summed E-state index contributed by atoms with van der Waals surface area (Å²) in [5.41, 5.74) is 0.905. The number of aromatic nitrogens is 4. The fourth-order valence-electron chi connectivity index (χ4n) is 3.12. The van der Waals surface area contributed by atoms with Crippen molar-refractivity contribution in [2.75, 3.05) is 11.1 Å². The molecule has 12 heteroatoms. The molecule has 0 saturated heterocycles. The SMILES string of the molecule is C=CCn1c(COc2ccc(Br)cc2)nnc1SCC(=O)Nc1ncc(Cc2cc(Cl)ccc2Cl)s1. The van der Waals surface area contributed by atoms with Gasteiger partial charge in [0.15, 0.2) is 16.1 Å². The Morgan fingerprint density at radius 1 is 1.22 bits per heavy atom. The van der Waals surface area contributed by atoms with Crippen LogP contribution < -0.4 is 10.1 Å². The normalized spacial score (nSPS) is 10.9. The summed E-state index contributed by atoms with van der Waals surface area (Å²) in [6.45, 7) is 4.55. The molecule has 0 radical (unpaired) electrons. The third kappa shape index (κ3) is 7.33. The molecular formula is C24H20BrCl2N5O2S2. The topological polar surface area (TPSA) is 81.9 Å². The summed E-state index contributed by atoms with van der Waals surface area (Å²) >= 11 is 18.4. The maximum Gasteiger partial charge on any atom is 0.236 e. The number of benzene rings is 2. The van der Waals surface area contributed by atoms with Crippen molar-refractivity contribution in [3.8, 4) is 5.75 Å². The smallest absolute Gasteiger partial charge is 0.236 e. The van der Waals surface area contributed by atoms with Crippen molar-refractivity contribution in [3.05, 3.63) is 92.1 Å². The van der Waals surface area contributed by atoms with E-state index in [0.29, 0.717) is 39.1 Å². The van der Waals surface area contributed by atoms with Gasteiger partial charge in [-0.15, -0.1) is 28.1 Å². The summed E-state index contributed by atoms with van der Waals surface area (Å²) in [5.74, 6) is 1.32. The lowest BCUT2D eigenvalue weighted by Gasteiger charge is -2.09. The predicted octanol–water partition coefficient (Wildman–Crippen LogP) is 6.89. The Kier molecular flexibility index (Phi) is 9.44. The number of hydrogen-bond donors (Lipinski definition) is 1. The molecule has 4 aromatic rings. The molecule has 2 aromatic heterocycles. The highest BCUT2D eigenvalue weighted by Gasteiger charge is 2.15. The van der Waals surface area contributed by atoms with Crippen molar-refractivity contribution in [1.29, 1.82) is 0 Å². The van der Waals surface area contributed by atoms with Gasteiger partial charge >= 0.3 is 0 Å². The molecule has 0 spiro atoms. The lowest BCUT2D eigenvalue weighted by atomic mass is 10.1. The van der Waals surface area contributed by atoms with Gasteiger partial charge in [-0.3, -0.25) is 9.36 Å². The third-order valence-electron chi connectivity index (χ3n) is 4.79. The van der Waals surface area contributed by atoms with Gasteiger partial charge in [0.2, 0.25) is 5.91 Å². The fraction of sp³-hybridized carbons (Fsp3) is 0.167. The first-order chi connectivity index (χ1) is 17.4. The minimum Gasteiger partial charge on any atom is -0.486 e. The molecule has 1 N–H and O–H groups in total. The molecule has 7 nitrogen and oxygen atoms in total. The highest BCUT2D eigenvalue weighted by molar-refractivity contribution is 9.10. The van der Waals surface area contributed by atoms with Crippen LogP contribution >= 0.6 is 62.2 Å². The van der Waals surface area contributed by atoms with E-state index in [1.165, 1.54) is 23.1 Å². The van der Waals surface area contributed by atoms with E-state index in [0.717, 1.165) is 20.7 Å². The number of hydrogen-bond acceptors (Lipinski definition) is 7. The lowest BCUT2D eigenvalue weighted by molar-refractivity contribution is -0.113. The summed E-state index contributed by atoms with van der Waals surface area (Å²) in [4.78, 5) is 17.8. The fourth-order valence-corrected chi connectivity index (χ4v) is 5.38. The summed E-state index contributed by atoms with van der Waals surface area (Å²) < 4.78 is 8.67. The van der Waals surface area contributed by atoms with Crippen LogP contribution in [0, 0.1) is 0 Å². The maximum absolute atomic E-state index is 12.6. The zero-order valence-electron chi connectivity index (χ0n) is 18.8. The summed E-state index contributed by atoms with van der Waals surface area (Å²) in [6.07, 6.45) is 4.06. The van der Waals surface area contributed by atoms with Crippen molar-refractivity contribution >= 4 is 73.3 Å². The van der Waals surface area contributed by atoms with Gasteiger partial charge in [0.05, 0.1) is 5.75 Å². The van der Waals surface area contributed by atoms with Gasteiger partial charge in [0, 0.05) is 38.6 Å². The zero-order valence-corrected chi connectivity index (χ0v) is 23.5. The van der Waals surface area contributed by atoms with Crippen molar-refractivity contribution < 1.29 is 9.53 Å². The molecule has 0 unspecified atom stereocenters. The first-order valence-electron chi connectivity index (χ1n) is 10.6. The van der Waals surface area contributed by atoms with Gasteiger partial charge in [0.25, 0.3) is 0 Å². The number of halogens is 3. The Morgan fingerprint density at radius 3 is 2.81 bits per heavy atom. The van der Waals surface area contributed by atoms with Crippen molar-refractivity contribution in [1.82, 2.24) is 19.7 Å². The lowest BCUT2D eigenvalue weighted by Crippen LogP contribution is -2.14. The molecule has 0 bridgehead atoms. The molecule has 0 saturated carbocycles. The minimum atomic E-state index is -0.192. The van der Waals surface area contributed by atoms with Crippen LogP contribution in [0.4, 0.5) is 5.13 Å². The second-order valence-electron chi connectivity index (χ2n) is 7.42. The van der Waals surface area contributed by atoms with Gasteiger partial charge in [0.1, 0.15) is 12.4 Å². The number of carbonyl (C=O) groups is 1. The van der Waals surface area contributed by atoms with E-state index >= 15 is 0 Å². The van der Waals surface area contributed by atoms with Crippen LogP contribution in [0.25, 0.3) is 0 Å². The van der Waals surface area contributed by atoms with Crippen LogP contribution in [0.5, 0.6) is 5.75 Å². The van der Waals surface area contributed by atoms with E-state index in [9.17, 15) is 4.79 Å². The molecular weight excluding hydrogens is 605 g/mol. The van der Waals surface area contributed by atoms with Crippen LogP contribution in [0.1, 0.15) is 16.3 Å². The van der Waals surface area contributed by atoms with Crippen molar-refractivity contribution in [3.63, 3.8) is 0 Å². The minimum absolute atomic E-state index is 0.151. The Morgan fingerprint density at radius 2 is 2.03 bits per heavy atom. The van der Waals surface area contributed by atoms with Gasteiger partial charge in [-0.25, -0.2) is 4.98 Å². The van der Waals surface area contributed by atoms with E-state index in [4.69, 9.17) is 27.9 Å². The first kappa shape index (κ1) is 26.7. The molecule has 0 fully saturated rings. The highest BCUT2D eigenvalue weighted by Crippen LogP contribution is 2.27. The molecule has 0 atom stereocenters. The second kappa shape index (κ2) is 12.7. The highest BCUT2D eigenvalue weighted by atomic mass is 79.9. The number of allylic oxidation sites excluding steroid dienone is 1. The molecule has 36 heavy (non-hydrogen) atoms. The summed E-state index contributed by atoms with van der Waals surface area (Å²) in [5, 5.41) is 13.7. The van der Waals surface area contributed by atoms with Crippen LogP contribution in [-0.2, 0) is 24.4 Å². The number of amides is 1. The maximum atomic E-state index is 12.6. The second-order valence-corrected chi connectivity index (χ2v) is 11.2. The predicted molar refractivity (Wildman–Crippen MR) is 149 cm³/mol. The largest absolute Gasteiger partial charge is 0.486 e. The van der Waals surface area contributed by atoms with Gasteiger partial charge < -0.3 is 10.1 Å². The Bertz CT molecular complexity index is 1360. The molecule has 0 aliphatic heterocycles. The average Bonchev–Trinajstić information content (AvgIpc) is 3.46. The molecule has 0 aliphatic carbocycles. The number of carbonyl (C=O) groups excluding carboxylic acids is 1. The van der Waals surface area contributed by atoms with Gasteiger partial charge in [-0.05, 0) is 48.0 Å². The molecule has 2 heterocycles. The van der Waals surface area contributed by atoms with Gasteiger partial charge in [-0.1, -0.05) is 57.0 Å². The number of rotatable bonds is 11. The van der Waals surface area contributed by atoms with E-state index < -0.39 is 0 Å². The average molecular weight is 625 g/mol. The third-order valence-corrected chi connectivity index (χ3v) is 7.80. The van der Waals surface area contributed by atoms with Crippen molar-refractivity contribution in [2.45, 2.75) is 24.7 Å². The summed E-state index contributed by atoms with van der Waals surface area (Å²) in [6, 6.07) is 12.9. The van der Waals surface area contributed by atoms with E-state index in [1.807, 2.05) is 34.9 Å². The number of thiazole rings is 1. The molecule has 186 valence electrons. The number of anilines is 1. The standard InChI is InChI=1S/C24H20BrCl2N5O2S2/c1-2-9-32-21(13-34-18-6-3-16(25)4-7-18)30-31-24(32)35-14-22(33)29-23-28-12-19(36-23)11-15-10-17(26)5-8-20(15)27/h2-8,10,12H,1,9,11,13-14H2,(H,28,29,33). The monoisotopic (exact) mass is 623 g/mol. The Balaban J connectivity index is 1.32. The Hall–Kier alpha value is -2.37. The van der Waals surface area contributed by atoms with Crippen LogP contribution in [0.2, 0.25) is 10.0 Å². The summed E-state index contributed by atoms with van der Waals surface area (Å²) in [7, 11) is 0. The Labute approximate surface area is 235 Å². The van der Waals surface area contributed by atoms with E-state index in [2.05, 4.69) is 43.0 Å². The quantitative estimate of drug-likeness (QED) is 0.145. The molecule has 0 aliphatic rings.